The Bertz CT molecular complexity index is 562. The van der Waals surface area contributed by atoms with Crippen LogP contribution in [0.15, 0.2) is 29.2 Å². The summed E-state index contributed by atoms with van der Waals surface area (Å²) in [6.45, 7) is 3.47. The highest BCUT2D eigenvalue weighted by Crippen LogP contribution is 2.50. The molecule has 0 heterocycles. The van der Waals surface area contributed by atoms with E-state index in [0.29, 0.717) is 5.02 Å². The fraction of sp³-hybridized carbons (Fsp3) is 0.455. The van der Waals surface area contributed by atoms with Gasteiger partial charge in [0.2, 0.25) is 0 Å². The van der Waals surface area contributed by atoms with Crippen molar-refractivity contribution in [2.24, 2.45) is 0 Å². The maximum atomic E-state index is 12.2. The minimum atomic E-state index is -3.78. The number of rotatable bonds is 7. The lowest BCUT2D eigenvalue weighted by Crippen LogP contribution is -2.11. The normalized spacial score (nSPS) is 12.6. The molecule has 0 amide bonds. The first-order valence-corrected chi connectivity index (χ1v) is 9.45. The van der Waals surface area contributed by atoms with Crippen molar-refractivity contribution in [3.05, 3.63) is 29.3 Å². The van der Waals surface area contributed by atoms with E-state index in [9.17, 15) is 13.0 Å². The number of hydrogen-bond acceptors (Lipinski definition) is 5. The Balaban J connectivity index is 3.04. The summed E-state index contributed by atoms with van der Waals surface area (Å²) in [6.07, 6.45) is 0. The topological polar surface area (TPSA) is 69.7 Å². The van der Waals surface area contributed by atoms with Gasteiger partial charge in [-0.3, -0.25) is 4.57 Å². The molecular formula is C11H16ClO5PS. The molecule has 108 valence electrons. The van der Waals surface area contributed by atoms with Crippen LogP contribution in [0.2, 0.25) is 5.02 Å². The predicted molar refractivity (Wildman–Crippen MR) is 74.4 cm³/mol. The summed E-state index contributed by atoms with van der Waals surface area (Å²) in [5.74, 6) is 0. The lowest BCUT2D eigenvalue weighted by molar-refractivity contribution is 0.224. The summed E-state index contributed by atoms with van der Waals surface area (Å²) in [7, 11) is -7.43. The van der Waals surface area contributed by atoms with Crippen LogP contribution in [0.1, 0.15) is 13.8 Å². The molecule has 0 radical (unpaired) electrons. The number of halogens is 1. The molecule has 0 atom stereocenters. The molecule has 19 heavy (non-hydrogen) atoms. The lowest BCUT2D eigenvalue weighted by Gasteiger charge is -2.16. The number of sulfone groups is 1. The van der Waals surface area contributed by atoms with Gasteiger partial charge in [-0.25, -0.2) is 8.42 Å². The Morgan fingerprint density at radius 1 is 1.21 bits per heavy atom. The first kappa shape index (κ1) is 16.7. The van der Waals surface area contributed by atoms with Crippen molar-refractivity contribution in [1.29, 1.82) is 0 Å². The van der Waals surface area contributed by atoms with Crippen molar-refractivity contribution in [2.75, 3.05) is 18.7 Å². The average molecular weight is 327 g/mol. The fourth-order valence-corrected chi connectivity index (χ4v) is 6.01. The standard InChI is InChI=1S/C11H16ClO5PS/c1-3-16-18(13,17-4-2)9-19(14,15)11-7-5-6-10(12)8-11/h5-8H,3-4,9H2,1-2H3. The highest BCUT2D eigenvalue weighted by molar-refractivity contribution is 7.97. The molecule has 0 saturated heterocycles. The second-order valence-electron chi connectivity index (χ2n) is 3.65. The van der Waals surface area contributed by atoms with Crippen molar-refractivity contribution < 1.29 is 22.0 Å². The fourth-order valence-electron chi connectivity index (χ4n) is 1.45. The van der Waals surface area contributed by atoms with Crippen molar-refractivity contribution in [3.8, 4) is 0 Å². The molecule has 0 aliphatic carbocycles. The van der Waals surface area contributed by atoms with Gasteiger partial charge in [0.05, 0.1) is 18.1 Å². The van der Waals surface area contributed by atoms with E-state index in [1.807, 2.05) is 0 Å². The summed E-state index contributed by atoms with van der Waals surface area (Å²) < 4.78 is 46.5. The lowest BCUT2D eigenvalue weighted by atomic mass is 10.4. The third-order valence-corrected chi connectivity index (χ3v) is 7.27. The van der Waals surface area contributed by atoms with Gasteiger partial charge in [-0.1, -0.05) is 17.7 Å². The van der Waals surface area contributed by atoms with Gasteiger partial charge in [-0.15, -0.1) is 0 Å². The van der Waals surface area contributed by atoms with Crippen LogP contribution in [0.5, 0.6) is 0 Å². The molecule has 1 rings (SSSR count). The number of hydrogen-bond donors (Lipinski definition) is 0. The molecule has 0 saturated carbocycles. The molecule has 0 aliphatic heterocycles. The van der Waals surface area contributed by atoms with Gasteiger partial charge in [-0.2, -0.15) is 0 Å². The zero-order valence-corrected chi connectivity index (χ0v) is 13.2. The third kappa shape index (κ3) is 4.89. The van der Waals surface area contributed by atoms with Crippen molar-refractivity contribution in [1.82, 2.24) is 0 Å². The summed E-state index contributed by atoms with van der Waals surface area (Å²) in [6, 6.07) is 5.77. The Kier molecular flexibility index (Phi) is 6.02. The Morgan fingerprint density at radius 2 is 1.79 bits per heavy atom. The van der Waals surface area contributed by atoms with E-state index in [1.54, 1.807) is 19.9 Å². The van der Waals surface area contributed by atoms with Crippen LogP contribution in [0.4, 0.5) is 0 Å². The van der Waals surface area contributed by atoms with E-state index in [-0.39, 0.29) is 18.1 Å². The molecule has 0 bridgehead atoms. The van der Waals surface area contributed by atoms with E-state index in [4.69, 9.17) is 20.6 Å². The third-order valence-electron chi connectivity index (χ3n) is 2.13. The first-order valence-electron chi connectivity index (χ1n) is 5.69. The Hall–Kier alpha value is -0.390. The van der Waals surface area contributed by atoms with E-state index in [0.717, 1.165) is 0 Å². The minimum Gasteiger partial charge on any atom is -0.308 e. The van der Waals surface area contributed by atoms with Gasteiger partial charge in [-0.05, 0) is 32.0 Å². The Labute approximate surface area is 118 Å². The highest BCUT2D eigenvalue weighted by atomic mass is 35.5. The molecule has 0 N–H and O–H groups in total. The zero-order chi connectivity index (χ0) is 14.5. The molecule has 0 fully saturated rings. The number of benzene rings is 1. The second kappa shape index (κ2) is 6.86. The summed E-state index contributed by atoms with van der Waals surface area (Å²) in [5, 5.41) is 0.295. The molecule has 0 aliphatic rings. The van der Waals surface area contributed by atoms with E-state index < -0.39 is 22.9 Å². The van der Waals surface area contributed by atoms with Crippen LogP contribution in [-0.2, 0) is 23.4 Å². The van der Waals surface area contributed by atoms with Crippen LogP contribution in [0, 0.1) is 0 Å². The van der Waals surface area contributed by atoms with Crippen LogP contribution < -0.4 is 0 Å². The monoisotopic (exact) mass is 326 g/mol. The van der Waals surface area contributed by atoms with Gasteiger partial charge in [0.15, 0.2) is 15.3 Å². The smallest absolute Gasteiger partial charge is 0.308 e. The quantitative estimate of drug-likeness (QED) is 0.719. The maximum absolute atomic E-state index is 12.2. The molecule has 0 spiro atoms. The molecule has 1 aromatic carbocycles. The molecule has 5 nitrogen and oxygen atoms in total. The zero-order valence-electron chi connectivity index (χ0n) is 10.7. The van der Waals surface area contributed by atoms with E-state index in [1.165, 1.54) is 18.2 Å². The molecular weight excluding hydrogens is 311 g/mol. The molecule has 1 aromatic rings. The maximum Gasteiger partial charge on any atom is 0.346 e. The van der Waals surface area contributed by atoms with Crippen LogP contribution in [0.3, 0.4) is 0 Å². The van der Waals surface area contributed by atoms with Crippen molar-refractivity contribution >= 4 is 29.0 Å². The minimum absolute atomic E-state index is 0.000342. The van der Waals surface area contributed by atoms with Crippen LogP contribution in [-0.4, -0.2) is 27.1 Å². The summed E-state index contributed by atoms with van der Waals surface area (Å²) >= 11 is 5.75. The summed E-state index contributed by atoms with van der Waals surface area (Å²) in [4.78, 5) is -0.000342. The van der Waals surface area contributed by atoms with Gasteiger partial charge in [0.25, 0.3) is 0 Å². The average Bonchev–Trinajstić information content (AvgIpc) is 2.28. The van der Waals surface area contributed by atoms with Crippen molar-refractivity contribution in [2.45, 2.75) is 18.7 Å². The Morgan fingerprint density at radius 3 is 2.26 bits per heavy atom. The largest absolute Gasteiger partial charge is 0.346 e. The van der Waals surface area contributed by atoms with E-state index in [2.05, 4.69) is 0 Å². The van der Waals surface area contributed by atoms with Crippen LogP contribution >= 0.6 is 19.2 Å². The van der Waals surface area contributed by atoms with E-state index >= 15 is 0 Å². The summed E-state index contributed by atoms with van der Waals surface area (Å²) in [5.41, 5.74) is -0.692. The van der Waals surface area contributed by atoms with Gasteiger partial charge in [0.1, 0.15) is 0 Å². The highest BCUT2D eigenvalue weighted by Gasteiger charge is 2.32. The molecule has 0 aromatic heterocycles. The SMILES string of the molecule is CCOP(=O)(CS(=O)(=O)c1cccc(Cl)c1)OCC. The van der Waals surface area contributed by atoms with Gasteiger partial charge in [0, 0.05) is 5.02 Å². The predicted octanol–water partition coefficient (Wildman–Crippen LogP) is 3.34. The van der Waals surface area contributed by atoms with Crippen LogP contribution in [0.25, 0.3) is 0 Å². The van der Waals surface area contributed by atoms with Crippen molar-refractivity contribution in [3.63, 3.8) is 0 Å². The first-order chi connectivity index (χ1) is 8.83. The van der Waals surface area contributed by atoms with Gasteiger partial charge >= 0.3 is 7.60 Å². The second-order valence-corrected chi connectivity index (χ2v) is 8.56. The molecule has 0 unspecified atom stereocenters. The van der Waals surface area contributed by atoms with Gasteiger partial charge < -0.3 is 9.05 Å². The molecule has 8 heteroatoms.